The third-order valence-corrected chi connectivity index (χ3v) is 3.67. The number of nitrogens with zero attached hydrogens (tertiary/aromatic N) is 3. The summed E-state index contributed by atoms with van der Waals surface area (Å²) in [5, 5.41) is 3.49. The van der Waals surface area contributed by atoms with Gasteiger partial charge in [0.15, 0.2) is 0 Å². The van der Waals surface area contributed by atoms with E-state index in [1.165, 1.54) is 19.4 Å². The lowest BCUT2D eigenvalue weighted by Gasteiger charge is -2.20. The Balaban J connectivity index is 2.27. The van der Waals surface area contributed by atoms with Gasteiger partial charge in [0.05, 0.1) is 0 Å². The minimum absolute atomic E-state index is 0.478. The zero-order valence-electron chi connectivity index (χ0n) is 13.3. The van der Waals surface area contributed by atoms with Gasteiger partial charge in [0.1, 0.15) is 11.6 Å². The summed E-state index contributed by atoms with van der Waals surface area (Å²) < 4.78 is 0. The van der Waals surface area contributed by atoms with E-state index in [-0.39, 0.29) is 0 Å². The molecule has 0 aliphatic heterocycles. The predicted molar refractivity (Wildman–Crippen MR) is 84.5 cm³/mol. The molecule has 0 saturated carbocycles. The Morgan fingerprint density at radius 1 is 1.35 bits per heavy atom. The number of hydrogen-bond acceptors (Lipinski definition) is 5. The topological polar surface area (TPSA) is 67.1 Å². The number of rotatable bonds is 9. The molecule has 1 unspecified atom stereocenters. The molecule has 114 valence electrons. The maximum atomic E-state index is 5.89. The molecular weight excluding hydrogens is 250 g/mol. The van der Waals surface area contributed by atoms with Crippen molar-refractivity contribution in [3.63, 3.8) is 0 Å². The number of nitrogens with one attached hydrogen (secondary N) is 1. The van der Waals surface area contributed by atoms with Crippen LogP contribution in [0, 0.1) is 6.92 Å². The van der Waals surface area contributed by atoms with Crippen LogP contribution in [0.5, 0.6) is 0 Å². The van der Waals surface area contributed by atoms with Gasteiger partial charge in [0, 0.05) is 24.3 Å². The Bertz CT molecular complexity index is 390. The first-order chi connectivity index (χ1) is 9.56. The van der Waals surface area contributed by atoms with E-state index in [2.05, 4.69) is 41.0 Å². The highest BCUT2D eigenvalue weighted by Crippen LogP contribution is 2.08. The van der Waals surface area contributed by atoms with Crippen molar-refractivity contribution in [3.8, 4) is 0 Å². The number of nitrogen functional groups attached to an aromatic ring is 1. The summed E-state index contributed by atoms with van der Waals surface area (Å²) in [5.74, 6) is 1.30. The summed E-state index contributed by atoms with van der Waals surface area (Å²) in [4.78, 5) is 10.8. The van der Waals surface area contributed by atoms with Crippen molar-refractivity contribution in [2.45, 2.75) is 53.1 Å². The zero-order chi connectivity index (χ0) is 15.0. The van der Waals surface area contributed by atoms with E-state index >= 15 is 0 Å². The van der Waals surface area contributed by atoms with Crippen LogP contribution in [0.3, 0.4) is 0 Å². The maximum Gasteiger partial charge on any atom is 0.131 e. The fourth-order valence-electron chi connectivity index (χ4n) is 2.20. The molecule has 3 N–H and O–H groups in total. The van der Waals surface area contributed by atoms with E-state index in [0.29, 0.717) is 11.9 Å². The van der Waals surface area contributed by atoms with Crippen molar-refractivity contribution in [1.82, 2.24) is 20.2 Å². The molecule has 1 aromatic rings. The molecule has 1 rings (SSSR count). The van der Waals surface area contributed by atoms with Gasteiger partial charge < -0.3 is 16.0 Å². The summed E-state index contributed by atoms with van der Waals surface area (Å²) in [6.07, 6.45) is 4.20. The lowest BCUT2D eigenvalue weighted by Crippen LogP contribution is -2.29. The molecule has 5 nitrogen and oxygen atoms in total. The molecule has 0 aromatic carbocycles. The molecule has 1 heterocycles. The first-order valence-corrected chi connectivity index (χ1v) is 7.60. The summed E-state index contributed by atoms with van der Waals surface area (Å²) >= 11 is 0. The van der Waals surface area contributed by atoms with Crippen LogP contribution in [0.2, 0.25) is 0 Å². The smallest absolute Gasteiger partial charge is 0.131 e. The minimum Gasteiger partial charge on any atom is -0.383 e. The van der Waals surface area contributed by atoms with Crippen molar-refractivity contribution in [3.05, 3.63) is 17.6 Å². The van der Waals surface area contributed by atoms with Gasteiger partial charge in [-0.15, -0.1) is 0 Å². The number of aromatic nitrogens is 2. The Hall–Kier alpha value is -1.20. The lowest BCUT2D eigenvalue weighted by atomic mass is 10.1. The summed E-state index contributed by atoms with van der Waals surface area (Å²) in [6, 6.07) is 0.478. The van der Waals surface area contributed by atoms with E-state index in [4.69, 9.17) is 5.73 Å². The van der Waals surface area contributed by atoms with Crippen LogP contribution in [0.25, 0.3) is 0 Å². The van der Waals surface area contributed by atoms with Crippen molar-refractivity contribution in [2.24, 2.45) is 0 Å². The average Bonchev–Trinajstić information content (AvgIpc) is 2.42. The summed E-state index contributed by atoms with van der Waals surface area (Å²) in [7, 11) is 0. The molecule has 1 atom stereocenters. The number of nitrogens with two attached hydrogens (primary N) is 1. The van der Waals surface area contributed by atoms with Crippen LogP contribution >= 0.6 is 0 Å². The van der Waals surface area contributed by atoms with Gasteiger partial charge in [-0.05, 0) is 46.3 Å². The van der Waals surface area contributed by atoms with Crippen molar-refractivity contribution in [1.29, 1.82) is 0 Å². The molecule has 5 heteroatoms. The van der Waals surface area contributed by atoms with Gasteiger partial charge in [0.25, 0.3) is 0 Å². The monoisotopic (exact) mass is 279 g/mol. The second-order valence-electron chi connectivity index (χ2n) is 5.28. The van der Waals surface area contributed by atoms with Gasteiger partial charge in [-0.3, -0.25) is 0 Å². The second kappa shape index (κ2) is 8.87. The molecule has 0 saturated heterocycles. The Labute approximate surface area is 123 Å². The van der Waals surface area contributed by atoms with Crippen LogP contribution in [-0.2, 0) is 6.54 Å². The number of hydrogen-bond donors (Lipinski definition) is 2. The van der Waals surface area contributed by atoms with Gasteiger partial charge in [-0.25, -0.2) is 9.97 Å². The fourth-order valence-corrected chi connectivity index (χ4v) is 2.20. The highest BCUT2D eigenvalue weighted by atomic mass is 15.1. The van der Waals surface area contributed by atoms with Gasteiger partial charge in [-0.2, -0.15) is 0 Å². The quantitative estimate of drug-likeness (QED) is 0.723. The summed E-state index contributed by atoms with van der Waals surface area (Å²) in [5.41, 5.74) is 6.86. The number of aryl methyl sites for hydroxylation is 1. The minimum atomic E-state index is 0.478. The van der Waals surface area contributed by atoms with Crippen LogP contribution < -0.4 is 11.1 Å². The molecule has 20 heavy (non-hydrogen) atoms. The highest BCUT2D eigenvalue weighted by Gasteiger charge is 2.06. The van der Waals surface area contributed by atoms with E-state index < -0.39 is 0 Å². The molecule has 0 radical (unpaired) electrons. The Kier molecular flexibility index (Phi) is 7.47. The van der Waals surface area contributed by atoms with Gasteiger partial charge in [-0.1, -0.05) is 13.8 Å². The molecule has 1 aromatic heterocycles. The normalized spacial score (nSPS) is 12.8. The molecule has 0 aliphatic carbocycles. The molecular formula is C15H29N5. The van der Waals surface area contributed by atoms with Crippen LogP contribution in [-0.4, -0.2) is 40.5 Å². The lowest BCUT2D eigenvalue weighted by molar-refractivity contribution is 0.290. The third-order valence-electron chi connectivity index (χ3n) is 3.67. The first-order valence-electron chi connectivity index (χ1n) is 7.60. The van der Waals surface area contributed by atoms with Crippen molar-refractivity contribution >= 4 is 5.82 Å². The maximum absolute atomic E-state index is 5.89. The van der Waals surface area contributed by atoms with Crippen molar-refractivity contribution in [2.75, 3.05) is 25.4 Å². The Morgan fingerprint density at radius 2 is 2.05 bits per heavy atom. The zero-order valence-corrected chi connectivity index (χ0v) is 13.3. The summed E-state index contributed by atoms with van der Waals surface area (Å²) in [6.45, 7) is 12.7. The second-order valence-corrected chi connectivity index (χ2v) is 5.28. The largest absolute Gasteiger partial charge is 0.383 e. The van der Waals surface area contributed by atoms with Crippen LogP contribution in [0.1, 0.15) is 45.0 Å². The third kappa shape index (κ3) is 5.84. The van der Waals surface area contributed by atoms with Gasteiger partial charge in [0.2, 0.25) is 0 Å². The fraction of sp³-hybridized carbons (Fsp3) is 0.733. The molecule has 0 amide bonds. The van der Waals surface area contributed by atoms with Crippen LogP contribution in [0.15, 0.2) is 6.20 Å². The molecule has 0 aliphatic rings. The highest BCUT2D eigenvalue weighted by molar-refractivity contribution is 5.37. The van der Waals surface area contributed by atoms with E-state index in [9.17, 15) is 0 Å². The molecule has 0 bridgehead atoms. The SMILES string of the molecule is CCN(CC)CCCC(C)NCc1cnc(C)nc1N. The molecule has 0 fully saturated rings. The van der Waals surface area contributed by atoms with Gasteiger partial charge >= 0.3 is 0 Å². The Morgan fingerprint density at radius 3 is 2.65 bits per heavy atom. The first kappa shape index (κ1) is 16.9. The van der Waals surface area contributed by atoms with E-state index in [1.54, 1.807) is 0 Å². The predicted octanol–water partition coefficient (Wildman–Crippen LogP) is 1.97. The number of anilines is 1. The molecule has 0 spiro atoms. The van der Waals surface area contributed by atoms with Crippen LogP contribution in [0.4, 0.5) is 5.82 Å². The standard InChI is InChI=1S/C15H29N5/c1-5-20(6-2)9-7-8-12(3)17-10-14-11-18-13(4)19-15(14)16/h11-12,17H,5-10H2,1-4H3,(H2,16,18,19). The van der Waals surface area contributed by atoms with E-state index in [1.807, 2.05) is 13.1 Å². The average molecular weight is 279 g/mol. The van der Waals surface area contributed by atoms with E-state index in [0.717, 1.165) is 31.0 Å². The van der Waals surface area contributed by atoms with Crippen molar-refractivity contribution < 1.29 is 0 Å².